The van der Waals surface area contributed by atoms with Crippen LogP contribution in [-0.4, -0.2) is 46.7 Å². The molecule has 0 saturated carbocycles. The lowest BCUT2D eigenvalue weighted by molar-refractivity contribution is -0.180. The van der Waals surface area contributed by atoms with Gasteiger partial charge in [-0.05, 0) is 36.3 Å². The molecule has 2 aromatic rings. The molecule has 4 rings (SSSR count). The molecule has 2 aliphatic heterocycles. The highest BCUT2D eigenvalue weighted by molar-refractivity contribution is 7.09. The van der Waals surface area contributed by atoms with E-state index < -0.39 is 0 Å². The van der Waals surface area contributed by atoms with E-state index in [2.05, 4.69) is 37.7 Å². The summed E-state index contributed by atoms with van der Waals surface area (Å²) in [4.78, 5) is 12.3. The smallest absolute Gasteiger partial charge is 0.222 e. The number of rotatable bonds is 5. The first-order chi connectivity index (χ1) is 11.3. The number of hydrogen-bond acceptors (Lipinski definition) is 6. The Balaban J connectivity index is 1.20. The molecular weight excluding hydrogens is 308 g/mol. The van der Waals surface area contributed by atoms with Crippen molar-refractivity contribution in [2.45, 2.75) is 25.0 Å². The lowest BCUT2D eigenvalue weighted by atomic mass is 9.83. The minimum Gasteiger partial charge on any atom is -0.372 e. The van der Waals surface area contributed by atoms with Gasteiger partial charge in [-0.15, -0.1) is 11.3 Å². The number of anilines is 1. The van der Waals surface area contributed by atoms with Gasteiger partial charge in [0.2, 0.25) is 5.95 Å². The van der Waals surface area contributed by atoms with Crippen molar-refractivity contribution in [1.82, 2.24) is 14.9 Å². The summed E-state index contributed by atoms with van der Waals surface area (Å²) in [6.07, 6.45) is 5.90. The van der Waals surface area contributed by atoms with Gasteiger partial charge >= 0.3 is 0 Å². The van der Waals surface area contributed by atoms with Gasteiger partial charge in [0.25, 0.3) is 0 Å². The predicted octanol–water partition coefficient (Wildman–Crippen LogP) is 2.63. The van der Waals surface area contributed by atoms with Crippen molar-refractivity contribution in [1.29, 1.82) is 0 Å². The molecular formula is C17H22N4OS. The maximum atomic E-state index is 6.23. The van der Waals surface area contributed by atoms with Gasteiger partial charge in [0.15, 0.2) is 0 Å². The molecule has 1 spiro atoms. The van der Waals surface area contributed by atoms with Crippen molar-refractivity contribution < 1.29 is 4.74 Å². The minimum absolute atomic E-state index is 0.122. The van der Waals surface area contributed by atoms with Gasteiger partial charge in [0.1, 0.15) is 0 Å². The molecule has 6 heteroatoms. The second kappa shape index (κ2) is 6.55. The molecule has 0 radical (unpaired) electrons. The van der Waals surface area contributed by atoms with Gasteiger partial charge in [-0.25, -0.2) is 9.97 Å². The summed E-state index contributed by atoms with van der Waals surface area (Å²) in [5.74, 6) is 1.26. The van der Waals surface area contributed by atoms with Crippen LogP contribution >= 0.6 is 11.3 Å². The average molecular weight is 330 g/mol. The first kappa shape index (κ1) is 15.1. The first-order valence-corrected chi connectivity index (χ1v) is 9.09. The molecule has 2 fully saturated rings. The Labute approximate surface area is 140 Å². The van der Waals surface area contributed by atoms with E-state index in [0.717, 1.165) is 39.2 Å². The van der Waals surface area contributed by atoms with Crippen LogP contribution in [0.4, 0.5) is 5.95 Å². The van der Waals surface area contributed by atoms with E-state index >= 15 is 0 Å². The predicted molar refractivity (Wildman–Crippen MR) is 91.5 cm³/mol. The fourth-order valence-corrected chi connectivity index (χ4v) is 4.20. The summed E-state index contributed by atoms with van der Waals surface area (Å²) >= 11 is 1.84. The van der Waals surface area contributed by atoms with Crippen molar-refractivity contribution >= 4 is 17.3 Å². The number of nitrogens with zero attached hydrogens (tertiary/aromatic N) is 3. The molecule has 0 aromatic carbocycles. The highest BCUT2D eigenvalue weighted by atomic mass is 32.1. The standard InChI is InChI=1S/C17H22N4OS/c1-3-15(23-8-1)10-21-12-17(13-21)5-4-14(11-22-17)9-20-16-18-6-2-7-19-16/h1-3,6-8,14H,4-5,9-13H2,(H,18,19,20)/t14-/m0/s1. The largest absolute Gasteiger partial charge is 0.372 e. The molecule has 0 amide bonds. The molecule has 2 saturated heterocycles. The van der Waals surface area contributed by atoms with Crippen LogP contribution in [0.2, 0.25) is 0 Å². The topological polar surface area (TPSA) is 50.3 Å². The summed E-state index contributed by atoms with van der Waals surface area (Å²) in [5.41, 5.74) is 0.122. The van der Waals surface area contributed by atoms with Crippen LogP contribution in [0.25, 0.3) is 0 Å². The number of hydrogen-bond donors (Lipinski definition) is 1. The Hall–Kier alpha value is -1.50. The molecule has 23 heavy (non-hydrogen) atoms. The maximum absolute atomic E-state index is 6.23. The Kier molecular flexibility index (Phi) is 4.29. The van der Waals surface area contributed by atoms with Crippen molar-refractivity contribution in [2.24, 2.45) is 5.92 Å². The fraction of sp³-hybridized carbons (Fsp3) is 0.529. The van der Waals surface area contributed by atoms with Gasteiger partial charge in [-0.1, -0.05) is 6.07 Å². The molecule has 0 unspecified atom stereocenters. The second-order valence-corrected chi connectivity index (χ2v) is 7.61. The second-order valence-electron chi connectivity index (χ2n) is 6.58. The quantitative estimate of drug-likeness (QED) is 0.913. The van der Waals surface area contributed by atoms with E-state index in [-0.39, 0.29) is 5.60 Å². The van der Waals surface area contributed by atoms with Crippen molar-refractivity contribution in [3.8, 4) is 0 Å². The van der Waals surface area contributed by atoms with E-state index in [1.807, 2.05) is 17.4 Å². The van der Waals surface area contributed by atoms with Crippen LogP contribution in [0, 0.1) is 5.92 Å². The van der Waals surface area contributed by atoms with Crippen LogP contribution in [0.5, 0.6) is 0 Å². The number of likely N-dealkylation sites (tertiary alicyclic amines) is 1. The van der Waals surface area contributed by atoms with Crippen LogP contribution in [0.3, 0.4) is 0 Å². The first-order valence-electron chi connectivity index (χ1n) is 8.21. The third kappa shape index (κ3) is 3.54. The van der Waals surface area contributed by atoms with Crippen LogP contribution < -0.4 is 5.32 Å². The Morgan fingerprint density at radius 2 is 2.17 bits per heavy atom. The normalized spacial score (nSPS) is 23.6. The highest BCUT2D eigenvalue weighted by Gasteiger charge is 2.46. The third-order valence-electron chi connectivity index (χ3n) is 4.73. The molecule has 122 valence electrons. The zero-order valence-corrected chi connectivity index (χ0v) is 14.0. The summed E-state index contributed by atoms with van der Waals surface area (Å²) < 4.78 is 6.23. The van der Waals surface area contributed by atoms with Crippen molar-refractivity contribution in [3.05, 3.63) is 40.8 Å². The molecule has 2 aromatic heterocycles. The van der Waals surface area contributed by atoms with E-state index in [0.29, 0.717) is 11.9 Å². The molecule has 5 nitrogen and oxygen atoms in total. The van der Waals surface area contributed by atoms with E-state index in [1.165, 1.54) is 11.3 Å². The summed E-state index contributed by atoms with van der Waals surface area (Å²) in [6.45, 7) is 4.95. The molecule has 1 N–H and O–H groups in total. The van der Waals surface area contributed by atoms with Crippen LogP contribution in [0.15, 0.2) is 36.0 Å². The van der Waals surface area contributed by atoms with Crippen LogP contribution in [-0.2, 0) is 11.3 Å². The van der Waals surface area contributed by atoms with Crippen molar-refractivity contribution in [2.75, 3.05) is 31.6 Å². The van der Waals surface area contributed by atoms with E-state index in [1.54, 1.807) is 12.4 Å². The third-order valence-corrected chi connectivity index (χ3v) is 5.59. The zero-order chi connectivity index (χ0) is 15.5. The average Bonchev–Trinajstić information content (AvgIpc) is 3.07. The molecule has 2 aliphatic rings. The molecule has 4 heterocycles. The number of aromatic nitrogens is 2. The minimum atomic E-state index is 0.122. The number of thiophene rings is 1. The van der Waals surface area contributed by atoms with Crippen LogP contribution in [0.1, 0.15) is 17.7 Å². The number of nitrogens with one attached hydrogen (secondary N) is 1. The monoisotopic (exact) mass is 330 g/mol. The Morgan fingerprint density at radius 1 is 1.30 bits per heavy atom. The molecule has 0 bridgehead atoms. The highest BCUT2D eigenvalue weighted by Crippen LogP contribution is 2.37. The Bertz CT molecular complexity index is 603. The summed E-state index contributed by atoms with van der Waals surface area (Å²) in [5, 5.41) is 5.45. The lowest BCUT2D eigenvalue weighted by Gasteiger charge is -2.52. The summed E-state index contributed by atoms with van der Waals surface area (Å²) in [7, 11) is 0. The Morgan fingerprint density at radius 3 is 2.87 bits per heavy atom. The van der Waals surface area contributed by atoms with Gasteiger partial charge in [-0.2, -0.15) is 0 Å². The lowest BCUT2D eigenvalue weighted by Crippen LogP contribution is -2.64. The van der Waals surface area contributed by atoms with Gasteiger partial charge in [0, 0.05) is 43.4 Å². The van der Waals surface area contributed by atoms with Gasteiger partial charge in [-0.3, -0.25) is 4.90 Å². The summed E-state index contributed by atoms with van der Waals surface area (Å²) in [6, 6.07) is 6.17. The van der Waals surface area contributed by atoms with Crippen molar-refractivity contribution in [3.63, 3.8) is 0 Å². The molecule has 0 aliphatic carbocycles. The van der Waals surface area contributed by atoms with E-state index in [4.69, 9.17) is 4.74 Å². The number of ether oxygens (including phenoxy) is 1. The molecule has 1 atom stereocenters. The SMILES string of the molecule is c1cnc(NC[C@@H]2CCC3(CN(Cc4cccs4)C3)OC2)nc1. The van der Waals surface area contributed by atoms with E-state index in [9.17, 15) is 0 Å². The van der Waals surface area contributed by atoms with Gasteiger partial charge in [0.05, 0.1) is 12.2 Å². The fourth-order valence-electron chi connectivity index (χ4n) is 3.46. The zero-order valence-electron chi connectivity index (χ0n) is 13.1. The van der Waals surface area contributed by atoms with Gasteiger partial charge < -0.3 is 10.1 Å². The maximum Gasteiger partial charge on any atom is 0.222 e.